The smallest absolute Gasteiger partial charge is 0.339 e. The van der Waals surface area contributed by atoms with Crippen LogP contribution >= 0.6 is 11.3 Å². The van der Waals surface area contributed by atoms with Gasteiger partial charge in [0.25, 0.3) is 5.91 Å². The Morgan fingerprint density at radius 3 is 2.72 bits per heavy atom. The fraction of sp³-hybridized carbons (Fsp3) is 0.409. The highest BCUT2D eigenvalue weighted by molar-refractivity contribution is 7.16. The lowest BCUT2D eigenvalue weighted by Crippen LogP contribution is -2.30. The van der Waals surface area contributed by atoms with E-state index >= 15 is 0 Å². The zero-order chi connectivity index (χ0) is 21.0. The van der Waals surface area contributed by atoms with Gasteiger partial charge in [0.05, 0.1) is 18.2 Å². The summed E-state index contributed by atoms with van der Waals surface area (Å²) in [5, 5.41) is 12.9. The summed E-state index contributed by atoms with van der Waals surface area (Å²) in [5.74, 6) is -0.478. The van der Waals surface area contributed by atoms with Crippen LogP contribution in [-0.4, -0.2) is 25.1 Å². The Labute approximate surface area is 174 Å². The van der Waals surface area contributed by atoms with Gasteiger partial charge in [-0.2, -0.15) is 5.26 Å². The summed E-state index contributed by atoms with van der Waals surface area (Å²) in [4.78, 5) is 26.2. The Kier molecular flexibility index (Phi) is 6.55. The van der Waals surface area contributed by atoms with Gasteiger partial charge < -0.3 is 14.8 Å². The standard InChI is InChI=1S/C22H24N2O4S/c1-13-9-10-15(11-18(13)27-3)22(26)28-14(2)20(25)24-21-17(12-23)16-7-5-4-6-8-19(16)29-21/h9-11,14H,4-8H2,1-3H3,(H,24,25)/t14-/m0/s1. The summed E-state index contributed by atoms with van der Waals surface area (Å²) < 4.78 is 10.5. The number of esters is 1. The van der Waals surface area contributed by atoms with Crippen LogP contribution in [0.15, 0.2) is 18.2 Å². The molecule has 152 valence electrons. The molecule has 1 aliphatic rings. The van der Waals surface area contributed by atoms with Gasteiger partial charge in [0.15, 0.2) is 6.10 Å². The summed E-state index contributed by atoms with van der Waals surface area (Å²) in [6, 6.07) is 7.22. The number of rotatable bonds is 5. The minimum atomic E-state index is -0.997. The summed E-state index contributed by atoms with van der Waals surface area (Å²) in [5.41, 5.74) is 2.81. The van der Waals surface area contributed by atoms with Crippen LogP contribution in [0, 0.1) is 18.3 Å². The molecular weight excluding hydrogens is 388 g/mol. The minimum absolute atomic E-state index is 0.313. The number of aryl methyl sites for hydroxylation is 2. The number of amides is 1. The van der Waals surface area contributed by atoms with Gasteiger partial charge in [-0.25, -0.2) is 4.79 Å². The number of anilines is 1. The maximum atomic E-state index is 12.6. The molecule has 0 radical (unpaired) electrons. The summed E-state index contributed by atoms with van der Waals surface area (Å²) >= 11 is 1.46. The molecule has 1 amide bonds. The number of nitriles is 1. The van der Waals surface area contributed by atoms with Gasteiger partial charge in [-0.3, -0.25) is 4.79 Å². The molecule has 0 saturated heterocycles. The van der Waals surface area contributed by atoms with E-state index in [1.807, 2.05) is 6.92 Å². The fourth-order valence-corrected chi connectivity index (χ4v) is 4.63. The van der Waals surface area contributed by atoms with Gasteiger partial charge in [-0.1, -0.05) is 12.5 Å². The molecule has 1 heterocycles. The molecular formula is C22H24N2O4S. The van der Waals surface area contributed by atoms with E-state index < -0.39 is 18.0 Å². The Bertz CT molecular complexity index is 974. The third kappa shape index (κ3) is 4.60. The number of nitrogens with zero attached hydrogens (tertiary/aromatic N) is 1. The van der Waals surface area contributed by atoms with Crippen molar-refractivity contribution in [1.29, 1.82) is 5.26 Å². The van der Waals surface area contributed by atoms with E-state index in [0.717, 1.165) is 43.2 Å². The van der Waals surface area contributed by atoms with Crippen LogP contribution in [-0.2, 0) is 22.4 Å². The maximum Gasteiger partial charge on any atom is 0.339 e. The Morgan fingerprint density at radius 2 is 2.00 bits per heavy atom. The number of methoxy groups -OCH3 is 1. The van der Waals surface area contributed by atoms with E-state index in [0.29, 0.717) is 21.9 Å². The summed E-state index contributed by atoms with van der Waals surface area (Å²) in [6.07, 6.45) is 4.11. The van der Waals surface area contributed by atoms with Crippen molar-refractivity contribution in [3.63, 3.8) is 0 Å². The molecule has 0 saturated carbocycles. The van der Waals surface area contributed by atoms with Crippen molar-refractivity contribution in [2.24, 2.45) is 0 Å². The SMILES string of the molecule is COc1cc(C(=O)O[C@@H](C)C(=O)Nc2sc3c(c2C#N)CCCCC3)ccc1C. The molecule has 0 fully saturated rings. The van der Waals surface area contributed by atoms with Crippen molar-refractivity contribution in [3.8, 4) is 11.8 Å². The van der Waals surface area contributed by atoms with Crippen LogP contribution in [0.1, 0.15) is 58.1 Å². The first kappa shape index (κ1) is 20.9. The number of hydrogen-bond acceptors (Lipinski definition) is 6. The lowest BCUT2D eigenvalue weighted by atomic mass is 10.1. The fourth-order valence-electron chi connectivity index (χ4n) is 3.39. The highest BCUT2D eigenvalue weighted by Gasteiger charge is 2.24. The second kappa shape index (κ2) is 9.10. The molecule has 1 aliphatic carbocycles. The Morgan fingerprint density at radius 1 is 1.24 bits per heavy atom. The molecule has 29 heavy (non-hydrogen) atoms. The minimum Gasteiger partial charge on any atom is -0.496 e. The molecule has 7 heteroatoms. The average molecular weight is 413 g/mol. The number of hydrogen-bond donors (Lipinski definition) is 1. The van der Waals surface area contributed by atoms with Crippen molar-refractivity contribution >= 4 is 28.2 Å². The van der Waals surface area contributed by atoms with Gasteiger partial charge in [-0.05, 0) is 62.8 Å². The van der Waals surface area contributed by atoms with E-state index in [1.54, 1.807) is 18.2 Å². The monoisotopic (exact) mass is 412 g/mol. The molecule has 0 bridgehead atoms. The van der Waals surface area contributed by atoms with E-state index in [2.05, 4.69) is 11.4 Å². The number of nitrogens with one attached hydrogen (secondary N) is 1. The normalized spacial score (nSPS) is 14.1. The van der Waals surface area contributed by atoms with Crippen molar-refractivity contribution in [2.75, 3.05) is 12.4 Å². The third-order valence-electron chi connectivity index (χ3n) is 5.07. The number of benzene rings is 1. The highest BCUT2D eigenvalue weighted by Crippen LogP contribution is 2.37. The maximum absolute atomic E-state index is 12.6. The predicted molar refractivity (Wildman–Crippen MR) is 112 cm³/mol. The predicted octanol–water partition coefficient (Wildman–Crippen LogP) is 4.39. The van der Waals surface area contributed by atoms with Crippen LogP contribution in [0.4, 0.5) is 5.00 Å². The molecule has 2 aromatic rings. The number of fused-ring (bicyclic) bond motifs is 1. The quantitative estimate of drug-likeness (QED) is 0.581. The van der Waals surface area contributed by atoms with Gasteiger partial charge in [-0.15, -0.1) is 11.3 Å². The Balaban J connectivity index is 1.70. The molecule has 0 aliphatic heterocycles. The van der Waals surface area contributed by atoms with E-state index in [9.17, 15) is 14.9 Å². The largest absolute Gasteiger partial charge is 0.496 e. The number of carbonyl (C=O) groups excluding carboxylic acids is 2. The topological polar surface area (TPSA) is 88.4 Å². The molecule has 3 rings (SSSR count). The molecule has 1 aromatic heterocycles. The second-order valence-corrected chi connectivity index (χ2v) is 8.21. The first-order chi connectivity index (χ1) is 13.9. The zero-order valence-corrected chi connectivity index (χ0v) is 17.6. The summed E-state index contributed by atoms with van der Waals surface area (Å²) in [7, 11) is 1.53. The van der Waals surface area contributed by atoms with Crippen LogP contribution in [0.25, 0.3) is 0 Å². The highest BCUT2D eigenvalue weighted by atomic mass is 32.1. The van der Waals surface area contributed by atoms with Gasteiger partial charge in [0.1, 0.15) is 16.8 Å². The molecule has 1 atom stereocenters. The van der Waals surface area contributed by atoms with Gasteiger partial charge >= 0.3 is 5.97 Å². The van der Waals surface area contributed by atoms with E-state index in [-0.39, 0.29) is 0 Å². The van der Waals surface area contributed by atoms with Gasteiger partial charge in [0, 0.05) is 4.88 Å². The van der Waals surface area contributed by atoms with E-state index in [4.69, 9.17) is 9.47 Å². The Hall–Kier alpha value is -2.85. The lowest BCUT2D eigenvalue weighted by Gasteiger charge is -2.14. The van der Waals surface area contributed by atoms with Crippen LogP contribution < -0.4 is 10.1 Å². The molecule has 1 N–H and O–H groups in total. The van der Waals surface area contributed by atoms with Crippen molar-refractivity contribution in [3.05, 3.63) is 45.3 Å². The first-order valence-electron chi connectivity index (χ1n) is 9.65. The molecule has 6 nitrogen and oxygen atoms in total. The number of carbonyl (C=O) groups is 2. The van der Waals surface area contributed by atoms with Crippen molar-refractivity contribution < 1.29 is 19.1 Å². The van der Waals surface area contributed by atoms with Crippen LogP contribution in [0.5, 0.6) is 5.75 Å². The van der Waals surface area contributed by atoms with Crippen molar-refractivity contribution in [2.45, 2.75) is 52.1 Å². The molecule has 0 unspecified atom stereocenters. The van der Waals surface area contributed by atoms with Crippen molar-refractivity contribution in [1.82, 2.24) is 0 Å². The second-order valence-electron chi connectivity index (χ2n) is 7.10. The average Bonchev–Trinajstić information content (AvgIpc) is 2.87. The first-order valence-corrected chi connectivity index (χ1v) is 10.5. The molecule has 1 aromatic carbocycles. The number of ether oxygens (including phenoxy) is 2. The number of thiophene rings is 1. The van der Waals surface area contributed by atoms with Crippen LogP contribution in [0.2, 0.25) is 0 Å². The zero-order valence-electron chi connectivity index (χ0n) is 16.8. The summed E-state index contributed by atoms with van der Waals surface area (Å²) in [6.45, 7) is 3.39. The third-order valence-corrected chi connectivity index (χ3v) is 6.27. The van der Waals surface area contributed by atoms with Crippen LogP contribution in [0.3, 0.4) is 0 Å². The van der Waals surface area contributed by atoms with E-state index in [1.165, 1.54) is 30.2 Å². The van der Waals surface area contributed by atoms with Gasteiger partial charge in [0.2, 0.25) is 0 Å². The molecule has 0 spiro atoms. The lowest BCUT2D eigenvalue weighted by molar-refractivity contribution is -0.123.